The van der Waals surface area contributed by atoms with Gasteiger partial charge in [0.2, 0.25) is 0 Å². The van der Waals surface area contributed by atoms with E-state index in [1.165, 1.54) is 32.3 Å². The first-order valence-corrected chi connectivity index (χ1v) is 6.07. The minimum atomic E-state index is 1.19. The fourth-order valence-corrected chi connectivity index (χ4v) is 2.59. The lowest BCUT2D eigenvalue weighted by atomic mass is 9.99. The summed E-state index contributed by atoms with van der Waals surface area (Å²) in [6, 6.07) is 19.4. The Labute approximate surface area is 105 Å². The molecule has 1 heterocycles. The van der Waals surface area contributed by atoms with E-state index in [1.807, 2.05) is 12.4 Å². The molecule has 18 heavy (non-hydrogen) atoms. The summed E-state index contributed by atoms with van der Waals surface area (Å²) in [4.78, 5) is 4.18. The van der Waals surface area contributed by atoms with Crippen LogP contribution in [0.3, 0.4) is 0 Å². The molecule has 0 aliphatic carbocycles. The summed E-state index contributed by atoms with van der Waals surface area (Å²) >= 11 is 0. The second-order valence-corrected chi connectivity index (χ2v) is 4.58. The number of hydrogen-bond acceptors (Lipinski definition) is 1. The second-order valence-electron chi connectivity index (χ2n) is 4.58. The molecular weight excluding hydrogens is 218 g/mol. The van der Waals surface area contributed by atoms with E-state index in [2.05, 4.69) is 59.6 Å². The third-order valence-electron chi connectivity index (χ3n) is 3.50. The monoisotopic (exact) mass is 229 g/mol. The molecule has 0 radical (unpaired) electrons. The molecule has 0 amide bonds. The molecule has 0 saturated heterocycles. The number of aromatic nitrogens is 1. The minimum absolute atomic E-state index is 1.19. The lowest BCUT2D eigenvalue weighted by molar-refractivity contribution is 1.37. The van der Waals surface area contributed by atoms with Gasteiger partial charge in [-0.3, -0.25) is 4.98 Å². The van der Waals surface area contributed by atoms with Crippen molar-refractivity contribution >= 4 is 32.3 Å². The largest absolute Gasteiger partial charge is 0.264 e. The van der Waals surface area contributed by atoms with Gasteiger partial charge in [-0.1, -0.05) is 36.4 Å². The van der Waals surface area contributed by atoms with Crippen LogP contribution in [-0.4, -0.2) is 4.98 Å². The van der Waals surface area contributed by atoms with Crippen molar-refractivity contribution in [2.45, 2.75) is 0 Å². The van der Waals surface area contributed by atoms with E-state index >= 15 is 0 Å². The maximum atomic E-state index is 4.18. The predicted molar refractivity (Wildman–Crippen MR) is 76.8 cm³/mol. The van der Waals surface area contributed by atoms with Gasteiger partial charge in [-0.15, -0.1) is 0 Å². The number of rotatable bonds is 0. The summed E-state index contributed by atoms with van der Waals surface area (Å²) in [5.74, 6) is 0. The van der Waals surface area contributed by atoms with Crippen LogP contribution in [0.2, 0.25) is 0 Å². The Morgan fingerprint density at radius 2 is 1.50 bits per heavy atom. The lowest BCUT2D eigenvalue weighted by Crippen LogP contribution is -1.80. The lowest BCUT2D eigenvalue weighted by Gasteiger charge is -2.05. The minimum Gasteiger partial charge on any atom is -0.264 e. The van der Waals surface area contributed by atoms with E-state index in [0.717, 1.165) is 0 Å². The van der Waals surface area contributed by atoms with Gasteiger partial charge in [-0.25, -0.2) is 0 Å². The predicted octanol–water partition coefficient (Wildman–Crippen LogP) is 4.54. The number of pyridine rings is 1. The third kappa shape index (κ3) is 1.31. The molecule has 0 N–H and O–H groups in total. The van der Waals surface area contributed by atoms with Gasteiger partial charge in [0.1, 0.15) is 0 Å². The van der Waals surface area contributed by atoms with Crippen LogP contribution in [0.1, 0.15) is 0 Å². The first kappa shape index (κ1) is 9.60. The van der Waals surface area contributed by atoms with Crippen LogP contribution < -0.4 is 0 Å². The summed E-state index contributed by atoms with van der Waals surface area (Å²) in [7, 11) is 0. The van der Waals surface area contributed by atoms with Gasteiger partial charge >= 0.3 is 0 Å². The van der Waals surface area contributed by atoms with Gasteiger partial charge in [-0.2, -0.15) is 0 Å². The molecule has 0 bridgehead atoms. The summed E-state index contributed by atoms with van der Waals surface area (Å²) in [6.45, 7) is 0. The summed E-state index contributed by atoms with van der Waals surface area (Å²) in [5, 5.41) is 7.63. The normalized spacial score (nSPS) is 11.3. The maximum Gasteiger partial charge on any atom is 0.0346 e. The summed E-state index contributed by atoms with van der Waals surface area (Å²) < 4.78 is 0. The van der Waals surface area contributed by atoms with E-state index in [4.69, 9.17) is 0 Å². The average Bonchev–Trinajstić information content (AvgIpc) is 2.45. The van der Waals surface area contributed by atoms with Crippen molar-refractivity contribution in [3.63, 3.8) is 0 Å². The molecule has 0 unspecified atom stereocenters. The summed E-state index contributed by atoms with van der Waals surface area (Å²) in [6.07, 6.45) is 3.77. The van der Waals surface area contributed by atoms with Crippen LogP contribution >= 0.6 is 0 Å². The van der Waals surface area contributed by atoms with Crippen LogP contribution in [0, 0.1) is 0 Å². The highest BCUT2D eigenvalue weighted by Gasteiger charge is 2.02. The highest BCUT2D eigenvalue weighted by Crippen LogP contribution is 2.28. The zero-order valence-corrected chi connectivity index (χ0v) is 9.80. The Hall–Kier alpha value is -2.41. The fraction of sp³-hybridized carbons (Fsp3) is 0. The standard InChI is InChI=1S/C17H11N/c1-2-4-16-12(3-1)5-6-14-9-15-11-18-8-7-13(15)10-17(14)16/h1-11H. The molecule has 4 rings (SSSR count). The molecule has 0 saturated carbocycles. The van der Waals surface area contributed by atoms with Gasteiger partial charge < -0.3 is 0 Å². The zero-order valence-electron chi connectivity index (χ0n) is 9.80. The fourth-order valence-electron chi connectivity index (χ4n) is 2.59. The Morgan fingerprint density at radius 1 is 0.611 bits per heavy atom. The van der Waals surface area contributed by atoms with Crippen LogP contribution in [0.25, 0.3) is 32.3 Å². The molecule has 0 fully saturated rings. The van der Waals surface area contributed by atoms with Crippen LogP contribution in [0.4, 0.5) is 0 Å². The zero-order chi connectivity index (χ0) is 11.9. The number of fused-ring (bicyclic) bond motifs is 4. The molecule has 4 aromatic rings. The Balaban J connectivity index is 2.27. The maximum absolute atomic E-state index is 4.18. The van der Waals surface area contributed by atoms with Crippen molar-refractivity contribution in [3.05, 3.63) is 67.0 Å². The van der Waals surface area contributed by atoms with Crippen LogP contribution in [0.15, 0.2) is 67.0 Å². The molecule has 0 atom stereocenters. The van der Waals surface area contributed by atoms with Gasteiger partial charge in [0.15, 0.2) is 0 Å². The van der Waals surface area contributed by atoms with Crippen LogP contribution in [-0.2, 0) is 0 Å². The van der Waals surface area contributed by atoms with E-state index in [9.17, 15) is 0 Å². The smallest absolute Gasteiger partial charge is 0.0346 e. The number of nitrogens with zero attached hydrogens (tertiary/aromatic N) is 1. The third-order valence-corrected chi connectivity index (χ3v) is 3.50. The highest BCUT2D eigenvalue weighted by atomic mass is 14.6. The van der Waals surface area contributed by atoms with Crippen molar-refractivity contribution in [1.29, 1.82) is 0 Å². The highest BCUT2D eigenvalue weighted by molar-refractivity contribution is 6.11. The molecular formula is C17H11N. The van der Waals surface area contributed by atoms with Gasteiger partial charge in [0.25, 0.3) is 0 Å². The average molecular weight is 229 g/mol. The molecule has 1 aromatic heterocycles. The van der Waals surface area contributed by atoms with Crippen molar-refractivity contribution in [1.82, 2.24) is 4.98 Å². The molecule has 0 spiro atoms. The molecule has 84 valence electrons. The Kier molecular flexibility index (Phi) is 1.89. The number of benzene rings is 3. The van der Waals surface area contributed by atoms with Crippen molar-refractivity contribution < 1.29 is 0 Å². The molecule has 1 nitrogen and oxygen atoms in total. The Bertz CT molecular complexity index is 872. The quantitative estimate of drug-likeness (QED) is 0.318. The topological polar surface area (TPSA) is 12.9 Å². The Morgan fingerprint density at radius 3 is 2.50 bits per heavy atom. The van der Waals surface area contributed by atoms with Crippen LogP contribution in [0.5, 0.6) is 0 Å². The van der Waals surface area contributed by atoms with E-state index in [0.29, 0.717) is 0 Å². The van der Waals surface area contributed by atoms with Gasteiger partial charge in [-0.05, 0) is 45.1 Å². The van der Waals surface area contributed by atoms with Crippen molar-refractivity contribution in [2.24, 2.45) is 0 Å². The van der Waals surface area contributed by atoms with Gasteiger partial charge in [0.05, 0.1) is 0 Å². The molecule has 0 aliphatic heterocycles. The molecule has 3 aromatic carbocycles. The SMILES string of the molecule is c1ccc2c(c1)ccc1cc3cnccc3cc12. The van der Waals surface area contributed by atoms with Gasteiger partial charge in [0, 0.05) is 17.8 Å². The molecule has 1 heteroatoms. The number of hydrogen-bond donors (Lipinski definition) is 0. The first-order valence-electron chi connectivity index (χ1n) is 6.07. The molecule has 0 aliphatic rings. The van der Waals surface area contributed by atoms with E-state index in [1.54, 1.807) is 0 Å². The second kappa shape index (κ2) is 3.54. The van der Waals surface area contributed by atoms with E-state index < -0.39 is 0 Å². The van der Waals surface area contributed by atoms with E-state index in [-0.39, 0.29) is 0 Å². The van der Waals surface area contributed by atoms with Crippen molar-refractivity contribution in [2.75, 3.05) is 0 Å². The first-order chi connectivity index (χ1) is 8.92. The van der Waals surface area contributed by atoms with Crippen molar-refractivity contribution in [3.8, 4) is 0 Å². The summed E-state index contributed by atoms with van der Waals surface area (Å²) in [5.41, 5.74) is 0.